The molecule has 8 nitrogen and oxygen atoms in total. The van der Waals surface area contributed by atoms with Gasteiger partial charge < -0.3 is 14.4 Å². The number of benzene rings is 1. The van der Waals surface area contributed by atoms with Crippen molar-refractivity contribution in [1.29, 1.82) is 0 Å². The Kier molecular flexibility index (Phi) is 6.15. The zero-order chi connectivity index (χ0) is 20.1. The van der Waals surface area contributed by atoms with Crippen molar-refractivity contribution >= 4 is 15.9 Å². The Morgan fingerprint density at radius 2 is 1.75 bits per heavy atom. The average molecular weight is 405 g/mol. The first kappa shape index (κ1) is 20.1. The number of hydrogen-bond donors (Lipinski definition) is 0. The molecule has 1 saturated heterocycles. The summed E-state index contributed by atoms with van der Waals surface area (Å²) >= 11 is 0. The van der Waals surface area contributed by atoms with Gasteiger partial charge in [0.25, 0.3) is 5.91 Å². The number of aromatic nitrogens is 1. The Hall–Kier alpha value is -2.65. The number of sulfonamides is 1. The van der Waals surface area contributed by atoms with E-state index in [1.165, 1.54) is 29.7 Å². The van der Waals surface area contributed by atoms with Crippen LogP contribution in [0.4, 0.5) is 0 Å². The van der Waals surface area contributed by atoms with Crippen LogP contribution in [0.15, 0.2) is 47.5 Å². The second-order valence-electron chi connectivity index (χ2n) is 6.19. The molecule has 1 fully saturated rings. The molecule has 0 radical (unpaired) electrons. The Morgan fingerprint density at radius 1 is 1.07 bits per heavy atom. The number of pyridine rings is 1. The van der Waals surface area contributed by atoms with Crippen molar-refractivity contribution in [3.05, 3.63) is 48.2 Å². The lowest BCUT2D eigenvalue weighted by molar-refractivity contribution is 0.0697. The van der Waals surface area contributed by atoms with Gasteiger partial charge in [0.05, 0.1) is 24.2 Å². The largest absolute Gasteiger partial charge is 0.497 e. The molecule has 28 heavy (non-hydrogen) atoms. The number of piperazine rings is 1. The summed E-state index contributed by atoms with van der Waals surface area (Å²) in [5.41, 5.74) is 0.454. The molecule has 2 aromatic rings. The van der Waals surface area contributed by atoms with E-state index in [2.05, 4.69) is 4.98 Å². The number of nitrogens with zero attached hydrogens (tertiary/aromatic N) is 3. The third-order valence-electron chi connectivity index (χ3n) is 4.50. The van der Waals surface area contributed by atoms with E-state index >= 15 is 0 Å². The lowest BCUT2D eigenvalue weighted by atomic mass is 10.2. The zero-order valence-electron chi connectivity index (χ0n) is 15.9. The van der Waals surface area contributed by atoms with Gasteiger partial charge in [0.15, 0.2) is 0 Å². The summed E-state index contributed by atoms with van der Waals surface area (Å²) in [5, 5.41) is 0. The third-order valence-corrected chi connectivity index (χ3v) is 6.41. The molecule has 0 bridgehead atoms. The van der Waals surface area contributed by atoms with Crippen LogP contribution in [0.5, 0.6) is 11.6 Å². The fourth-order valence-corrected chi connectivity index (χ4v) is 4.37. The van der Waals surface area contributed by atoms with Crippen LogP contribution >= 0.6 is 0 Å². The molecule has 1 aliphatic heterocycles. The van der Waals surface area contributed by atoms with Gasteiger partial charge in [0, 0.05) is 38.4 Å². The SMILES string of the molecule is CCOc1ccc(C(=O)N2CCN(S(=O)(=O)c3ccc(OC)cc3)CC2)cn1. The number of ether oxygens (including phenoxy) is 2. The lowest BCUT2D eigenvalue weighted by Gasteiger charge is -2.34. The molecule has 0 spiro atoms. The Balaban J connectivity index is 1.63. The van der Waals surface area contributed by atoms with E-state index in [1.54, 1.807) is 29.2 Å². The first-order chi connectivity index (χ1) is 13.5. The van der Waals surface area contributed by atoms with E-state index in [0.717, 1.165) is 0 Å². The maximum absolute atomic E-state index is 12.8. The topological polar surface area (TPSA) is 89.0 Å². The molecular formula is C19H23N3O5S. The van der Waals surface area contributed by atoms with Gasteiger partial charge in [-0.05, 0) is 37.3 Å². The number of carbonyl (C=O) groups is 1. The van der Waals surface area contributed by atoms with E-state index in [4.69, 9.17) is 9.47 Å². The number of rotatable bonds is 6. The van der Waals surface area contributed by atoms with Gasteiger partial charge in [-0.2, -0.15) is 4.31 Å². The van der Waals surface area contributed by atoms with Gasteiger partial charge in [0.2, 0.25) is 15.9 Å². The van der Waals surface area contributed by atoms with E-state index in [-0.39, 0.29) is 23.9 Å². The summed E-state index contributed by atoms with van der Waals surface area (Å²) in [5.74, 6) is 0.893. The number of amides is 1. The molecule has 0 saturated carbocycles. The third kappa shape index (κ3) is 4.26. The molecule has 1 aliphatic rings. The molecule has 9 heteroatoms. The molecule has 3 rings (SSSR count). The Labute approximate surface area is 164 Å². The monoisotopic (exact) mass is 405 g/mol. The van der Waals surface area contributed by atoms with Crippen LogP contribution in [-0.2, 0) is 10.0 Å². The second kappa shape index (κ2) is 8.57. The van der Waals surface area contributed by atoms with Crippen molar-refractivity contribution in [2.75, 3.05) is 39.9 Å². The molecule has 1 amide bonds. The number of hydrogen-bond acceptors (Lipinski definition) is 6. The first-order valence-corrected chi connectivity index (χ1v) is 10.4. The summed E-state index contributed by atoms with van der Waals surface area (Å²) in [6.45, 7) is 3.49. The molecule has 1 aromatic carbocycles. The summed E-state index contributed by atoms with van der Waals surface area (Å²) in [4.78, 5) is 18.6. The molecular weight excluding hydrogens is 382 g/mol. The second-order valence-corrected chi connectivity index (χ2v) is 8.13. The van der Waals surface area contributed by atoms with E-state index in [9.17, 15) is 13.2 Å². The van der Waals surface area contributed by atoms with E-state index in [1.807, 2.05) is 6.92 Å². The van der Waals surface area contributed by atoms with Crippen molar-refractivity contribution in [1.82, 2.24) is 14.2 Å². The number of carbonyl (C=O) groups excluding carboxylic acids is 1. The Morgan fingerprint density at radius 3 is 2.29 bits per heavy atom. The lowest BCUT2D eigenvalue weighted by Crippen LogP contribution is -2.50. The van der Waals surface area contributed by atoms with E-state index < -0.39 is 10.0 Å². The van der Waals surface area contributed by atoms with Gasteiger partial charge in [0.1, 0.15) is 5.75 Å². The standard InChI is InChI=1S/C19H23N3O5S/c1-3-27-18-9-4-15(14-20-18)19(23)21-10-12-22(13-11-21)28(24,25)17-7-5-16(26-2)6-8-17/h4-9,14H,3,10-13H2,1-2H3. The van der Waals surface area contributed by atoms with Crippen LogP contribution in [0.2, 0.25) is 0 Å². The number of methoxy groups -OCH3 is 1. The fraction of sp³-hybridized carbons (Fsp3) is 0.368. The van der Waals surface area contributed by atoms with Gasteiger partial charge in [-0.25, -0.2) is 13.4 Å². The minimum Gasteiger partial charge on any atom is -0.497 e. The molecule has 2 heterocycles. The van der Waals surface area contributed by atoms with Crippen molar-refractivity contribution in [2.24, 2.45) is 0 Å². The maximum atomic E-state index is 12.8. The van der Waals surface area contributed by atoms with Crippen molar-refractivity contribution in [2.45, 2.75) is 11.8 Å². The van der Waals surface area contributed by atoms with E-state index in [0.29, 0.717) is 36.9 Å². The van der Waals surface area contributed by atoms with Crippen LogP contribution < -0.4 is 9.47 Å². The molecule has 1 aromatic heterocycles. The first-order valence-electron chi connectivity index (χ1n) is 8.98. The van der Waals surface area contributed by atoms with Crippen LogP contribution in [0, 0.1) is 0 Å². The van der Waals surface area contributed by atoms with Gasteiger partial charge >= 0.3 is 0 Å². The average Bonchev–Trinajstić information content (AvgIpc) is 2.74. The predicted molar refractivity (Wildman–Crippen MR) is 103 cm³/mol. The van der Waals surface area contributed by atoms with Crippen molar-refractivity contribution in [3.8, 4) is 11.6 Å². The highest BCUT2D eigenvalue weighted by atomic mass is 32.2. The smallest absolute Gasteiger partial charge is 0.255 e. The Bertz CT molecular complexity index is 906. The summed E-state index contributed by atoms with van der Waals surface area (Å²) in [7, 11) is -2.07. The fourth-order valence-electron chi connectivity index (χ4n) is 2.95. The molecule has 0 atom stereocenters. The van der Waals surface area contributed by atoms with Crippen LogP contribution in [-0.4, -0.2) is 68.4 Å². The van der Waals surface area contributed by atoms with Crippen LogP contribution in [0.25, 0.3) is 0 Å². The van der Waals surface area contributed by atoms with Crippen molar-refractivity contribution in [3.63, 3.8) is 0 Å². The normalized spacial score (nSPS) is 15.3. The minimum atomic E-state index is -3.60. The van der Waals surface area contributed by atoms with Crippen LogP contribution in [0.3, 0.4) is 0 Å². The molecule has 0 aliphatic carbocycles. The summed E-state index contributed by atoms with van der Waals surface area (Å²) in [6, 6.07) is 9.60. The predicted octanol–water partition coefficient (Wildman–Crippen LogP) is 1.64. The highest BCUT2D eigenvalue weighted by Crippen LogP contribution is 2.21. The van der Waals surface area contributed by atoms with Crippen LogP contribution in [0.1, 0.15) is 17.3 Å². The van der Waals surface area contributed by atoms with Gasteiger partial charge in [-0.15, -0.1) is 0 Å². The summed E-state index contributed by atoms with van der Waals surface area (Å²) < 4.78 is 37.3. The van der Waals surface area contributed by atoms with Gasteiger partial charge in [-0.3, -0.25) is 4.79 Å². The molecule has 150 valence electrons. The van der Waals surface area contributed by atoms with Crippen molar-refractivity contribution < 1.29 is 22.7 Å². The zero-order valence-corrected chi connectivity index (χ0v) is 16.7. The molecule has 0 N–H and O–H groups in total. The highest BCUT2D eigenvalue weighted by molar-refractivity contribution is 7.89. The summed E-state index contributed by atoms with van der Waals surface area (Å²) in [6.07, 6.45) is 1.48. The highest BCUT2D eigenvalue weighted by Gasteiger charge is 2.30. The quantitative estimate of drug-likeness (QED) is 0.726. The maximum Gasteiger partial charge on any atom is 0.255 e. The minimum absolute atomic E-state index is 0.169. The molecule has 0 unspecified atom stereocenters. The van der Waals surface area contributed by atoms with Gasteiger partial charge in [-0.1, -0.05) is 0 Å².